The third-order valence-electron chi connectivity index (χ3n) is 2.43. The molecular formula is C13H14ClN3OS. The molecule has 1 amide bonds. The zero-order valence-corrected chi connectivity index (χ0v) is 12.0. The SMILES string of the molecule is CCNc1cc(C(=O)NCc2ccc(Cl)s2)ccn1. The van der Waals surface area contributed by atoms with Gasteiger partial charge in [0.05, 0.1) is 10.9 Å². The van der Waals surface area contributed by atoms with Crippen molar-refractivity contribution in [2.75, 3.05) is 11.9 Å². The molecule has 0 fully saturated rings. The average molecular weight is 296 g/mol. The molecule has 2 N–H and O–H groups in total. The Bertz CT molecular complexity index is 571. The third kappa shape index (κ3) is 3.94. The van der Waals surface area contributed by atoms with Gasteiger partial charge in [0.15, 0.2) is 0 Å². The monoisotopic (exact) mass is 295 g/mol. The van der Waals surface area contributed by atoms with E-state index in [-0.39, 0.29) is 5.91 Å². The molecule has 2 heterocycles. The van der Waals surface area contributed by atoms with Crippen molar-refractivity contribution in [3.8, 4) is 0 Å². The molecule has 0 bridgehead atoms. The minimum atomic E-state index is -0.119. The highest BCUT2D eigenvalue weighted by molar-refractivity contribution is 7.16. The number of hydrogen-bond donors (Lipinski definition) is 2. The Labute approximate surface area is 120 Å². The molecule has 0 aromatic carbocycles. The first-order valence-electron chi connectivity index (χ1n) is 5.91. The van der Waals surface area contributed by atoms with Gasteiger partial charge >= 0.3 is 0 Å². The van der Waals surface area contributed by atoms with E-state index in [4.69, 9.17) is 11.6 Å². The van der Waals surface area contributed by atoms with Crippen LogP contribution in [0.2, 0.25) is 4.34 Å². The molecule has 0 atom stereocenters. The maximum Gasteiger partial charge on any atom is 0.251 e. The number of pyridine rings is 1. The van der Waals surface area contributed by atoms with E-state index in [1.165, 1.54) is 11.3 Å². The second kappa shape index (κ2) is 6.54. The zero-order valence-electron chi connectivity index (χ0n) is 10.4. The summed E-state index contributed by atoms with van der Waals surface area (Å²) in [5.41, 5.74) is 0.591. The van der Waals surface area contributed by atoms with Gasteiger partial charge < -0.3 is 10.6 Å². The van der Waals surface area contributed by atoms with E-state index in [0.29, 0.717) is 17.9 Å². The van der Waals surface area contributed by atoms with Gasteiger partial charge in [0.25, 0.3) is 5.91 Å². The predicted octanol–water partition coefficient (Wildman–Crippen LogP) is 3.16. The first kappa shape index (κ1) is 13.8. The van der Waals surface area contributed by atoms with Crippen molar-refractivity contribution in [3.05, 3.63) is 45.2 Å². The van der Waals surface area contributed by atoms with Crippen LogP contribution in [0.15, 0.2) is 30.5 Å². The fourth-order valence-corrected chi connectivity index (χ4v) is 2.59. The van der Waals surface area contributed by atoms with Crippen molar-refractivity contribution in [3.63, 3.8) is 0 Å². The van der Waals surface area contributed by atoms with E-state index in [2.05, 4.69) is 15.6 Å². The standard InChI is InChI=1S/C13H14ClN3OS/c1-2-15-12-7-9(5-6-16-12)13(18)17-8-10-3-4-11(14)19-10/h3-7H,2,8H2,1H3,(H,15,16)(H,17,18). The van der Waals surface area contributed by atoms with Crippen LogP contribution in [0.3, 0.4) is 0 Å². The number of aromatic nitrogens is 1. The Morgan fingerprint density at radius 3 is 2.95 bits per heavy atom. The van der Waals surface area contributed by atoms with Gasteiger partial charge in [-0.25, -0.2) is 4.98 Å². The summed E-state index contributed by atoms with van der Waals surface area (Å²) < 4.78 is 0.725. The van der Waals surface area contributed by atoms with E-state index < -0.39 is 0 Å². The molecule has 100 valence electrons. The van der Waals surface area contributed by atoms with Gasteiger partial charge in [-0.1, -0.05) is 11.6 Å². The van der Waals surface area contributed by atoms with Crippen molar-refractivity contribution in [1.82, 2.24) is 10.3 Å². The maximum atomic E-state index is 12.0. The second-order valence-electron chi connectivity index (χ2n) is 3.85. The minimum absolute atomic E-state index is 0.119. The molecule has 0 aliphatic carbocycles. The van der Waals surface area contributed by atoms with Gasteiger partial charge in [0.2, 0.25) is 0 Å². The summed E-state index contributed by atoms with van der Waals surface area (Å²) in [6.45, 7) is 3.23. The fourth-order valence-electron chi connectivity index (χ4n) is 1.57. The molecule has 19 heavy (non-hydrogen) atoms. The molecule has 2 aromatic rings. The highest BCUT2D eigenvalue weighted by Crippen LogP contribution is 2.21. The lowest BCUT2D eigenvalue weighted by molar-refractivity contribution is 0.0951. The average Bonchev–Trinajstić information content (AvgIpc) is 2.82. The number of anilines is 1. The van der Waals surface area contributed by atoms with Crippen molar-refractivity contribution in [2.24, 2.45) is 0 Å². The molecule has 0 saturated carbocycles. The molecule has 6 heteroatoms. The predicted molar refractivity (Wildman–Crippen MR) is 78.9 cm³/mol. The van der Waals surface area contributed by atoms with E-state index in [9.17, 15) is 4.79 Å². The van der Waals surface area contributed by atoms with Crippen LogP contribution in [0.1, 0.15) is 22.2 Å². The summed E-state index contributed by atoms with van der Waals surface area (Å²) in [6.07, 6.45) is 1.62. The van der Waals surface area contributed by atoms with E-state index >= 15 is 0 Å². The highest BCUT2D eigenvalue weighted by Gasteiger charge is 2.07. The number of carbonyl (C=O) groups is 1. The highest BCUT2D eigenvalue weighted by atomic mass is 35.5. The maximum absolute atomic E-state index is 12.0. The number of thiophene rings is 1. The molecule has 0 saturated heterocycles. The van der Waals surface area contributed by atoms with Gasteiger partial charge in [0, 0.05) is 23.2 Å². The Morgan fingerprint density at radius 1 is 1.42 bits per heavy atom. The number of nitrogens with one attached hydrogen (secondary N) is 2. The first-order chi connectivity index (χ1) is 9.19. The topological polar surface area (TPSA) is 54.0 Å². The van der Waals surface area contributed by atoms with Crippen LogP contribution in [-0.2, 0) is 6.54 Å². The van der Waals surface area contributed by atoms with Crippen LogP contribution in [0.5, 0.6) is 0 Å². The number of amides is 1. The minimum Gasteiger partial charge on any atom is -0.370 e. The number of nitrogens with zero attached hydrogens (tertiary/aromatic N) is 1. The van der Waals surface area contributed by atoms with E-state index in [1.54, 1.807) is 18.3 Å². The molecular weight excluding hydrogens is 282 g/mol. The molecule has 0 spiro atoms. The smallest absolute Gasteiger partial charge is 0.251 e. The normalized spacial score (nSPS) is 10.2. The molecule has 0 radical (unpaired) electrons. The van der Waals surface area contributed by atoms with Crippen LogP contribution < -0.4 is 10.6 Å². The number of rotatable bonds is 5. The number of halogens is 1. The molecule has 4 nitrogen and oxygen atoms in total. The second-order valence-corrected chi connectivity index (χ2v) is 5.65. The lowest BCUT2D eigenvalue weighted by atomic mass is 10.2. The first-order valence-corrected chi connectivity index (χ1v) is 7.11. The molecule has 2 rings (SSSR count). The van der Waals surface area contributed by atoms with Crippen LogP contribution >= 0.6 is 22.9 Å². The van der Waals surface area contributed by atoms with Gasteiger partial charge in [-0.05, 0) is 31.2 Å². The third-order valence-corrected chi connectivity index (χ3v) is 3.66. The molecule has 0 aliphatic rings. The Kier molecular flexibility index (Phi) is 4.76. The Hall–Kier alpha value is -1.59. The summed E-state index contributed by atoms with van der Waals surface area (Å²) in [5, 5.41) is 5.93. The molecule has 0 unspecified atom stereocenters. The van der Waals surface area contributed by atoms with Crippen molar-refractivity contribution in [1.29, 1.82) is 0 Å². The summed E-state index contributed by atoms with van der Waals surface area (Å²) in [5.74, 6) is 0.584. The van der Waals surface area contributed by atoms with E-state index in [1.807, 2.05) is 19.1 Å². The quantitative estimate of drug-likeness (QED) is 0.891. The summed E-state index contributed by atoms with van der Waals surface area (Å²) in [7, 11) is 0. The van der Waals surface area contributed by atoms with Crippen LogP contribution in [-0.4, -0.2) is 17.4 Å². The summed E-state index contributed by atoms with van der Waals surface area (Å²) in [6, 6.07) is 7.16. The van der Waals surface area contributed by atoms with Gasteiger partial charge in [-0.2, -0.15) is 0 Å². The Balaban J connectivity index is 1.97. The Morgan fingerprint density at radius 2 is 2.26 bits per heavy atom. The number of carbonyl (C=O) groups excluding carboxylic acids is 1. The van der Waals surface area contributed by atoms with Gasteiger partial charge in [-0.3, -0.25) is 4.79 Å². The fraction of sp³-hybridized carbons (Fsp3) is 0.231. The van der Waals surface area contributed by atoms with E-state index in [0.717, 1.165) is 15.8 Å². The van der Waals surface area contributed by atoms with Crippen molar-refractivity contribution >= 4 is 34.7 Å². The summed E-state index contributed by atoms with van der Waals surface area (Å²) in [4.78, 5) is 17.1. The largest absolute Gasteiger partial charge is 0.370 e. The van der Waals surface area contributed by atoms with Crippen molar-refractivity contribution < 1.29 is 4.79 Å². The van der Waals surface area contributed by atoms with Crippen molar-refractivity contribution in [2.45, 2.75) is 13.5 Å². The zero-order chi connectivity index (χ0) is 13.7. The lowest BCUT2D eigenvalue weighted by Gasteiger charge is -2.06. The van der Waals surface area contributed by atoms with Gasteiger partial charge in [0.1, 0.15) is 5.82 Å². The van der Waals surface area contributed by atoms with Crippen LogP contribution in [0.4, 0.5) is 5.82 Å². The number of hydrogen-bond acceptors (Lipinski definition) is 4. The van der Waals surface area contributed by atoms with Crippen LogP contribution in [0, 0.1) is 0 Å². The van der Waals surface area contributed by atoms with Gasteiger partial charge in [-0.15, -0.1) is 11.3 Å². The molecule has 2 aromatic heterocycles. The molecule has 0 aliphatic heterocycles. The van der Waals surface area contributed by atoms with Crippen LogP contribution in [0.25, 0.3) is 0 Å². The lowest BCUT2D eigenvalue weighted by Crippen LogP contribution is -2.22. The summed E-state index contributed by atoms with van der Waals surface area (Å²) >= 11 is 7.30.